The minimum Gasteiger partial charge on any atom is -0.256 e. The van der Waals surface area contributed by atoms with E-state index < -0.39 is 0 Å². The molecule has 0 aliphatic carbocycles. The van der Waals surface area contributed by atoms with Gasteiger partial charge in [-0.1, -0.05) is 18.2 Å². The Morgan fingerprint density at radius 2 is 2.07 bits per heavy atom. The van der Waals surface area contributed by atoms with Crippen molar-refractivity contribution in [1.82, 2.24) is 5.32 Å². The number of nitrogens with zero attached hydrogens (tertiary/aromatic N) is 1. The van der Waals surface area contributed by atoms with Crippen molar-refractivity contribution in [3.8, 4) is 0 Å². The van der Waals surface area contributed by atoms with Crippen molar-refractivity contribution in [3.63, 3.8) is 0 Å². The maximum absolute atomic E-state index is 4.32. The molecular formula is C12H8NS. The van der Waals surface area contributed by atoms with Crippen LogP contribution < -0.4 is 5.32 Å². The predicted octanol–water partition coefficient (Wildman–Crippen LogP) is 3.37. The van der Waals surface area contributed by atoms with Gasteiger partial charge in [-0.05, 0) is 18.2 Å². The molecule has 0 saturated carbocycles. The van der Waals surface area contributed by atoms with Gasteiger partial charge in [-0.2, -0.15) is 0 Å². The largest absolute Gasteiger partial charge is 0.256 e. The van der Waals surface area contributed by atoms with Crippen molar-refractivity contribution in [3.05, 3.63) is 53.6 Å². The average molecular weight is 198 g/mol. The molecule has 2 heteroatoms. The normalized spacial score (nSPS) is 14.4. The molecule has 1 radical (unpaired) electrons. The van der Waals surface area contributed by atoms with Crippen molar-refractivity contribution in [2.24, 2.45) is 0 Å². The number of rotatable bonds is 1. The number of hydrogen-bond acceptors (Lipinski definition) is 1. The van der Waals surface area contributed by atoms with Crippen LogP contribution in [0.15, 0.2) is 48.0 Å². The van der Waals surface area contributed by atoms with Crippen LogP contribution in [-0.4, -0.2) is 0 Å². The summed E-state index contributed by atoms with van der Waals surface area (Å²) in [4.78, 5) is 0. The fourth-order valence-electron chi connectivity index (χ4n) is 1.64. The third-order valence-corrected chi connectivity index (χ3v) is 3.27. The monoisotopic (exact) mass is 198 g/mol. The first-order valence-corrected chi connectivity index (χ1v) is 5.37. The van der Waals surface area contributed by atoms with Gasteiger partial charge in [-0.25, -0.2) is 0 Å². The average Bonchev–Trinajstić information content (AvgIpc) is 2.85. The van der Waals surface area contributed by atoms with Crippen molar-refractivity contribution < 1.29 is 0 Å². The van der Waals surface area contributed by atoms with Crippen LogP contribution in [0.5, 0.6) is 0 Å². The number of fused-ring (bicyclic) bond motifs is 1. The third-order valence-electron chi connectivity index (χ3n) is 2.31. The summed E-state index contributed by atoms with van der Waals surface area (Å²) in [5, 5.41) is 7.79. The predicted molar refractivity (Wildman–Crippen MR) is 61.1 cm³/mol. The van der Waals surface area contributed by atoms with Gasteiger partial charge in [-0.3, -0.25) is 5.32 Å². The molecule has 1 aromatic carbocycles. The van der Waals surface area contributed by atoms with E-state index in [1.807, 2.05) is 12.3 Å². The van der Waals surface area contributed by atoms with E-state index in [4.69, 9.17) is 0 Å². The lowest BCUT2D eigenvalue weighted by Gasteiger charge is -1.98. The summed E-state index contributed by atoms with van der Waals surface area (Å²) in [7, 11) is 0. The van der Waals surface area contributed by atoms with Gasteiger partial charge in [0.15, 0.2) is 0 Å². The molecule has 0 bridgehead atoms. The highest BCUT2D eigenvalue weighted by Gasteiger charge is 2.09. The number of benzene rings is 1. The fraction of sp³-hybridized carbons (Fsp3) is 0. The second kappa shape index (κ2) is 3.00. The lowest BCUT2D eigenvalue weighted by atomic mass is 10.1. The van der Waals surface area contributed by atoms with E-state index in [0.717, 1.165) is 5.70 Å². The van der Waals surface area contributed by atoms with Gasteiger partial charge in [-0.15, -0.1) is 11.3 Å². The van der Waals surface area contributed by atoms with E-state index in [-0.39, 0.29) is 0 Å². The second-order valence-electron chi connectivity index (χ2n) is 3.17. The maximum Gasteiger partial charge on any atom is 0.0717 e. The van der Waals surface area contributed by atoms with Crippen molar-refractivity contribution in [2.45, 2.75) is 0 Å². The number of allylic oxidation sites excluding steroid dienone is 2. The number of hydrogen-bond donors (Lipinski definition) is 0. The third kappa shape index (κ3) is 1.08. The zero-order valence-corrected chi connectivity index (χ0v) is 8.29. The first-order chi connectivity index (χ1) is 6.95. The first kappa shape index (κ1) is 7.83. The first-order valence-electron chi connectivity index (χ1n) is 4.49. The topological polar surface area (TPSA) is 14.1 Å². The molecule has 1 aliphatic rings. The molecule has 0 fully saturated rings. The Hall–Kier alpha value is -1.54. The van der Waals surface area contributed by atoms with Gasteiger partial charge in [0.05, 0.1) is 5.70 Å². The van der Waals surface area contributed by atoms with Crippen molar-refractivity contribution in [1.29, 1.82) is 0 Å². The maximum atomic E-state index is 4.32. The van der Waals surface area contributed by atoms with Crippen LogP contribution in [0.4, 0.5) is 0 Å². The van der Waals surface area contributed by atoms with Crippen molar-refractivity contribution >= 4 is 27.1 Å². The summed E-state index contributed by atoms with van der Waals surface area (Å²) in [6, 6.07) is 8.44. The lowest BCUT2D eigenvalue weighted by Crippen LogP contribution is -1.89. The molecule has 2 aromatic rings. The highest BCUT2D eigenvalue weighted by atomic mass is 32.1. The summed E-state index contributed by atoms with van der Waals surface area (Å²) in [6.07, 6.45) is 5.86. The standard InChI is InChI=1S/C12H8NS/c1-2-6-12-9(4-1)10(8-14-12)11-5-3-7-13-11/h1-8H. The molecule has 0 atom stereocenters. The van der Waals surface area contributed by atoms with E-state index in [9.17, 15) is 0 Å². The van der Waals surface area contributed by atoms with Gasteiger partial charge >= 0.3 is 0 Å². The van der Waals surface area contributed by atoms with Crippen LogP contribution in [0.2, 0.25) is 0 Å². The molecular weight excluding hydrogens is 190 g/mol. The van der Waals surface area contributed by atoms with Gasteiger partial charge in [0.2, 0.25) is 0 Å². The zero-order chi connectivity index (χ0) is 9.38. The van der Waals surface area contributed by atoms with E-state index >= 15 is 0 Å². The molecule has 0 N–H and O–H groups in total. The molecule has 0 saturated heterocycles. The Morgan fingerprint density at radius 1 is 1.14 bits per heavy atom. The van der Waals surface area contributed by atoms with Crippen molar-refractivity contribution in [2.75, 3.05) is 0 Å². The van der Waals surface area contributed by atoms with E-state index in [1.165, 1.54) is 15.6 Å². The lowest BCUT2D eigenvalue weighted by molar-refractivity contribution is 1.23. The summed E-state index contributed by atoms with van der Waals surface area (Å²) in [6.45, 7) is 0. The summed E-state index contributed by atoms with van der Waals surface area (Å²) in [5.41, 5.74) is 2.32. The van der Waals surface area contributed by atoms with Gasteiger partial charge in [0, 0.05) is 27.2 Å². The molecule has 14 heavy (non-hydrogen) atoms. The van der Waals surface area contributed by atoms with Crippen LogP contribution in [0.3, 0.4) is 0 Å². The molecule has 1 nitrogen and oxygen atoms in total. The van der Waals surface area contributed by atoms with Gasteiger partial charge in [0.25, 0.3) is 0 Å². The Bertz CT molecular complexity index is 534. The molecule has 0 spiro atoms. The Balaban J connectivity index is 2.22. The molecule has 67 valence electrons. The molecule has 2 heterocycles. The quantitative estimate of drug-likeness (QED) is 0.667. The smallest absolute Gasteiger partial charge is 0.0717 e. The van der Waals surface area contributed by atoms with Crippen LogP contribution in [0.1, 0.15) is 5.56 Å². The van der Waals surface area contributed by atoms with E-state index in [2.05, 4.69) is 41.0 Å². The van der Waals surface area contributed by atoms with Crippen LogP contribution in [-0.2, 0) is 0 Å². The summed E-state index contributed by atoms with van der Waals surface area (Å²) in [5.74, 6) is 0. The SMILES string of the molecule is C1=C[N]C(c2csc3ccccc23)=C1. The second-order valence-corrected chi connectivity index (χ2v) is 4.08. The molecule has 1 aliphatic heterocycles. The van der Waals surface area contributed by atoms with Crippen LogP contribution in [0, 0.1) is 0 Å². The van der Waals surface area contributed by atoms with Crippen LogP contribution in [0.25, 0.3) is 15.8 Å². The molecule has 0 amide bonds. The summed E-state index contributed by atoms with van der Waals surface area (Å²) >= 11 is 1.77. The van der Waals surface area contributed by atoms with Gasteiger partial charge in [0.1, 0.15) is 0 Å². The Morgan fingerprint density at radius 3 is 2.93 bits per heavy atom. The minimum atomic E-state index is 1.07. The fourth-order valence-corrected chi connectivity index (χ4v) is 2.59. The molecule has 1 aromatic heterocycles. The minimum absolute atomic E-state index is 1.07. The summed E-state index contributed by atoms with van der Waals surface area (Å²) < 4.78 is 1.32. The van der Waals surface area contributed by atoms with Crippen LogP contribution >= 0.6 is 11.3 Å². The highest BCUT2D eigenvalue weighted by Crippen LogP contribution is 2.31. The number of thiophene rings is 1. The zero-order valence-electron chi connectivity index (χ0n) is 7.47. The Kier molecular flexibility index (Phi) is 1.67. The van der Waals surface area contributed by atoms with E-state index in [0.29, 0.717) is 0 Å². The molecule has 0 unspecified atom stereocenters. The van der Waals surface area contributed by atoms with E-state index in [1.54, 1.807) is 11.3 Å². The molecule has 3 rings (SSSR count). The Labute approximate surface area is 86.4 Å². The van der Waals surface area contributed by atoms with Gasteiger partial charge < -0.3 is 0 Å². The highest BCUT2D eigenvalue weighted by molar-refractivity contribution is 7.17.